The molecule has 0 aliphatic rings. The molecule has 8 rings (SSSR count). The molecule has 1 amide bonds. The summed E-state index contributed by atoms with van der Waals surface area (Å²) in [5.74, 6) is -3.62. The van der Waals surface area contributed by atoms with Crippen molar-refractivity contribution in [2.24, 2.45) is 0 Å². The topological polar surface area (TPSA) is 287 Å². The highest BCUT2D eigenvalue weighted by molar-refractivity contribution is 9.12. The first-order chi connectivity index (χ1) is 50.0. The summed E-state index contributed by atoms with van der Waals surface area (Å²) in [4.78, 5) is 54.8. The van der Waals surface area contributed by atoms with E-state index in [9.17, 15) is 42.4 Å². The van der Waals surface area contributed by atoms with Gasteiger partial charge in [0.1, 0.15) is 50.2 Å². The van der Waals surface area contributed by atoms with Gasteiger partial charge < -0.3 is 66.0 Å². The predicted octanol–water partition coefficient (Wildman–Crippen LogP) is 21.0. The third-order valence-corrected chi connectivity index (χ3v) is 18.2. The average Bonchev–Trinajstić information content (AvgIpc) is 0.836. The Hall–Kier alpha value is -7.75. The fourth-order valence-electron chi connectivity index (χ4n) is 9.61. The molecule has 8 aromatic rings. The molecule has 0 atom stereocenters. The van der Waals surface area contributed by atoms with Crippen LogP contribution in [0.5, 0.6) is 23.0 Å². The number of nitrogens with zero attached hydrogens (tertiary/aromatic N) is 1. The molecule has 0 radical (unpaired) electrons. The lowest BCUT2D eigenvalue weighted by Crippen LogP contribution is -2.29. The van der Waals surface area contributed by atoms with Crippen molar-refractivity contribution in [1.82, 2.24) is 5.32 Å². The molecular weight excluding hydrogens is 1810 g/mol. The van der Waals surface area contributed by atoms with Gasteiger partial charge in [-0.3, -0.25) is 24.0 Å². The second kappa shape index (κ2) is 43.9. The first kappa shape index (κ1) is 88.9. The minimum Gasteiger partial charge on any atom is -0.487 e. The number of carboxylic acids is 4. The summed E-state index contributed by atoms with van der Waals surface area (Å²) in [5, 5.41) is 59.5. The van der Waals surface area contributed by atoms with Gasteiger partial charge in [-0.25, -0.2) is 13.2 Å². The summed E-state index contributed by atoms with van der Waals surface area (Å²) in [6.45, 7) is 15.5. The minimum absolute atomic E-state index is 0.0127. The molecule has 9 N–H and O–H groups in total. The van der Waals surface area contributed by atoms with Crippen molar-refractivity contribution < 1.29 is 76.5 Å². The molecular formula is C76H77Br6Cl2F3N6O13. The van der Waals surface area contributed by atoms with Gasteiger partial charge in [0, 0.05) is 65.0 Å². The summed E-state index contributed by atoms with van der Waals surface area (Å²) in [6.07, 6.45) is 0.705. The fraction of sp³-hybridized carbons (Fsp3) is 0.289. The van der Waals surface area contributed by atoms with Gasteiger partial charge in [0.15, 0.2) is 23.2 Å². The number of nitrogens with one attached hydrogen (secondary N) is 5. The van der Waals surface area contributed by atoms with Crippen LogP contribution in [0.25, 0.3) is 0 Å². The van der Waals surface area contributed by atoms with Gasteiger partial charge in [-0.15, -0.1) is 0 Å². The molecule has 8 aromatic carbocycles. The molecule has 0 aliphatic carbocycles. The zero-order valence-electron chi connectivity index (χ0n) is 58.5. The van der Waals surface area contributed by atoms with Crippen molar-refractivity contribution in [2.45, 2.75) is 138 Å². The van der Waals surface area contributed by atoms with E-state index in [1.54, 1.807) is 91.0 Å². The highest BCUT2D eigenvalue weighted by Gasteiger charge is 2.20. The highest BCUT2D eigenvalue weighted by Crippen LogP contribution is 2.40. The van der Waals surface area contributed by atoms with Gasteiger partial charge in [-0.1, -0.05) is 59.6 Å². The Balaban J connectivity index is 0.000000254. The van der Waals surface area contributed by atoms with Crippen LogP contribution in [0.15, 0.2) is 148 Å². The molecule has 19 nitrogen and oxygen atoms in total. The average molecular weight is 1890 g/mol. The molecule has 0 aliphatic heterocycles. The number of hydrogen-bond acceptors (Lipinski definition) is 14. The molecule has 566 valence electrons. The quantitative estimate of drug-likeness (QED) is 0.0195. The van der Waals surface area contributed by atoms with E-state index in [0.717, 1.165) is 16.8 Å². The smallest absolute Gasteiger partial charge is 0.322 e. The van der Waals surface area contributed by atoms with E-state index < -0.39 is 36.3 Å². The van der Waals surface area contributed by atoms with Crippen LogP contribution in [0.1, 0.15) is 123 Å². The predicted molar refractivity (Wildman–Crippen MR) is 428 cm³/mol. The number of nitriles is 1. The highest BCUT2D eigenvalue weighted by atomic mass is 79.9. The minimum atomic E-state index is -1.14. The number of aryl methyl sites for hydroxylation is 2. The van der Waals surface area contributed by atoms with Crippen molar-refractivity contribution in [3.05, 3.63) is 226 Å². The SMILES string of the molecule is CC(C)Nc1cc(C#N)cc(COc2c(Br)cc(CC(=O)O)cc2Br)c1.CC(C)Nc1cccc(COc2c(Br)cc(C(=O)NCC(=O)O)cc2Br)c1F.CC(C)Nc1cccc(COc2c(Br)cc(CCC(=O)O)cc2Br)c1F.CC(C)Nc1cccc(COc2c(Cl)cc(CCC(=O)O)cc2Cl)c1F. The number of carbonyl (C=O) groups is 5. The van der Waals surface area contributed by atoms with E-state index in [4.69, 9.17) is 62.6 Å². The van der Waals surface area contributed by atoms with Crippen LogP contribution in [-0.2, 0) is 64.9 Å². The van der Waals surface area contributed by atoms with Crippen LogP contribution in [-0.4, -0.2) is 80.9 Å². The summed E-state index contributed by atoms with van der Waals surface area (Å²) in [7, 11) is 0. The Morgan fingerprint density at radius 3 is 1.16 bits per heavy atom. The van der Waals surface area contributed by atoms with Gasteiger partial charge in [-0.2, -0.15) is 5.26 Å². The number of hydrogen-bond donors (Lipinski definition) is 9. The van der Waals surface area contributed by atoms with E-state index in [2.05, 4.69) is 128 Å². The largest absolute Gasteiger partial charge is 0.487 e. The maximum atomic E-state index is 14.6. The van der Waals surface area contributed by atoms with E-state index in [-0.39, 0.29) is 109 Å². The van der Waals surface area contributed by atoms with E-state index in [0.29, 0.717) is 107 Å². The first-order valence-electron chi connectivity index (χ1n) is 32.5. The van der Waals surface area contributed by atoms with E-state index in [1.165, 1.54) is 12.1 Å². The molecule has 30 heteroatoms. The number of halogens is 11. The molecule has 0 saturated carbocycles. The Kier molecular flexibility index (Phi) is 36.8. The normalized spacial score (nSPS) is 10.7. The number of rotatable bonds is 31. The zero-order valence-corrected chi connectivity index (χ0v) is 69.5. The van der Waals surface area contributed by atoms with Crippen LogP contribution >= 0.6 is 119 Å². The van der Waals surface area contributed by atoms with E-state index in [1.807, 2.05) is 73.6 Å². The van der Waals surface area contributed by atoms with Gasteiger partial charge in [-0.05, 0) is 271 Å². The van der Waals surface area contributed by atoms with Crippen molar-refractivity contribution in [2.75, 3.05) is 27.8 Å². The molecule has 0 saturated heterocycles. The van der Waals surface area contributed by atoms with Crippen molar-refractivity contribution >= 4 is 171 Å². The lowest BCUT2D eigenvalue weighted by molar-refractivity contribution is -0.138. The molecule has 0 bridgehead atoms. The number of aliphatic carboxylic acids is 4. The monoisotopic (exact) mass is 1880 g/mol. The number of anilines is 4. The Morgan fingerprint density at radius 1 is 0.443 bits per heavy atom. The second-order valence-electron chi connectivity index (χ2n) is 24.6. The summed E-state index contributed by atoms with van der Waals surface area (Å²) >= 11 is 32.8. The molecule has 106 heavy (non-hydrogen) atoms. The first-order valence-corrected chi connectivity index (χ1v) is 38.1. The maximum absolute atomic E-state index is 14.6. The van der Waals surface area contributed by atoms with Crippen LogP contribution in [0.3, 0.4) is 0 Å². The van der Waals surface area contributed by atoms with Crippen LogP contribution in [0, 0.1) is 28.8 Å². The Bertz CT molecular complexity index is 4230. The van der Waals surface area contributed by atoms with E-state index >= 15 is 0 Å². The number of carboxylic acid groups (broad SMARTS) is 4. The van der Waals surface area contributed by atoms with Crippen molar-refractivity contribution in [3.8, 4) is 29.1 Å². The van der Waals surface area contributed by atoms with Crippen molar-refractivity contribution in [3.63, 3.8) is 0 Å². The summed E-state index contributed by atoms with van der Waals surface area (Å²) < 4.78 is 70.4. The molecule has 0 heterocycles. The zero-order chi connectivity index (χ0) is 78.6. The van der Waals surface area contributed by atoms with Crippen molar-refractivity contribution in [1.29, 1.82) is 5.26 Å². The van der Waals surface area contributed by atoms with Gasteiger partial charge >= 0.3 is 23.9 Å². The Labute approximate surface area is 673 Å². The number of ether oxygens (including phenoxy) is 4. The molecule has 0 fully saturated rings. The molecule has 0 spiro atoms. The number of carbonyl (C=O) groups excluding carboxylic acids is 1. The Morgan fingerprint density at radius 2 is 0.802 bits per heavy atom. The fourth-order valence-corrected chi connectivity index (χ4v) is 14.7. The third-order valence-electron chi connectivity index (χ3n) is 14.1. The third kappa shape index (κ3) is 29.8. The summed E-state index contributed by atoms with van der Waals surface area (Å²) in [5.41, 5.74) is 7.23. The van der Waals surface area contributed by atoms with Crippen LogP contribution in [0.2, 0.25) is 10.0 Å². The van der Waals surface area contributed by atoms with Gasteiger partial charge in [0.05, 0.1) is 72.0 Å². The lowest BCUT2D eigenvalue weighted by atomic mass is 10.1. The van der Waals surface area contributed by atoms with Crippen LogP contribution < -0.4 is 45.5 Å². The lowest BCUT2D eigenvalue weighted by Gasteiger charge is -2.15. The van der Waals surface area contributed by atoms with Gasteiger partial charge in [0.25, 0.3) is 5.91 Å². The number of amides is 1. The maximum Gasteiger partial charge on any atom is 0.322 e. The molecule has 0 unspecified atom stereocenters. The second-order valence-corrected chi connectivity index (χ2v) is 30.5. The standard InChI is InChI=1S/C19H19Br2FN2O4.C19H20Br2FNO3.C19H18Br2N2O3.C19H20Cl2FNO3/c1-10(2)24-15-5-3-4-11(17(15)22)9-28-18-13(20)6-12(7-14(18)21)19(27)23-8-16(25)26;1-11(2)23-16-5-3-4-13(18(16)22)10-26-19-14(20)8-12(9-15(19)21)6-7-17(24)25;1-11(2)23-15-4-13(9-22)3-14(5-15)10-26-19-16(20)6-12(7-17(19)21)8-18(24)25;1-11(2)23-16-5-3-4-13(18(16)22)10-26-19-14(20)8-12(9-15(19)21)6-7-17(24)25/h3-7,10,24H,8-9H2,1-2H3,(H,23,27)(H,25,26);3-5,8-9,11,23H,6-7,10H2,1-2H3,(H,24,25);3-7,11,23H,8,10H2,1-2H3,(H,24,25);3-5,8-9,11,23H,6-7,10H2,1-2H3,(H,24,25). The number of benzene rings is 8. The van der Waals surface area contributed by atoms with Crippen LogP contribution in [0.4, 0.5) is 35.9 Å². The summed E-state index contributed by atoms with van der Waals surface area (Å²) in [6, 6.07) is 36.8. The molecule has 0 aromatic heterocycles. The van der Waals surface area contributed by atoms with Gasteiger partial charge in [0.2, 0.25) is 0 Å².